The van der Waals surface area contributed by atoms with Gasteiger partial charge in [0.2, 0.25) is 0 Å². The van der Waals surface area contributed by atoms with Crippen molar-refractivity contribution in [2.24, 2.45) is 0 Å². The van der Waals surface area contributed by atoms with E-state index in [1.165, 1.54) is 11.3 Å². The van der Waals surface area contributed by atoms with Gasteiger partial charge in [0.25, 0.3) is 11.5 Å². The van der Waals surface area contributed by atoms with Crippen LogP contribution in [0.5, 0.6) is 0 Å². The molecule has 1 atom stereocenters. The number of fused-ring (bicyclic) bond motifs is 1. The zero-order chi connectivity index (χ0) is 23.4. The van der Waals surface area contributed by atoms with E-state index in [1.807, 2.05) is 62.6 Å². The smallest absolute Gasteiger partial charge is 0.262 e. The van der Waals surface area contributed by atoms with Crippen LogP contribution in [0.25, 0.3) is 10.2 Å². The van der Waals surface area contributed by atoms with Crippen molar-refractivity contribution in [3.05, 3.63) is 93.3 Å². The van der Waals surface area contributed by atoms with Crippen molar-refractivity contribution >= 4 is 40.8 Å². The number of aromatic nitrogens is 2. The minimum absolute atomic E-state index is 0.120. The zero-order valence-electron chi connectivity index (χ0n) is 18.8. The number of carbonyl (C=O) groups is 1. The van der Waals surface area contributed by atoms with Crippen molar-refractivity contribution in [2.45, 2.75) is 25.9 Å². The average Bonchev–Trinajstić information content (AvgIpc) is 3.31. The molecule has 2 aromatic heterocycles. The third-order valence-corrected chi connectivity index (χ3v) is 6.56. The number of amides is 1. The summed E-state index contributed by atoms with van der Waals surface area (Å²) in [5.41, 5.74) is 2.46. The molecule has 8 heteroatoms. The summed E-state index contributed by atoms with van der Waals surface area (Å²) in [7, 11) is 1.97. The Bertz CT molecular complexity index is 1300. The highest BCUT2D eigenvalue weighted by Gasteiger charge is 2.29. The second kappa shape index (κ2) is 10.1. The van der Waals surface area contributed by atoms with E-state index in [0.717, 1.165) is 11.0 Å². The highest BCUT2D eigenvalue weighted by atomic mass is 32.1. The molecule has 0 fully saturated rings. The maximum absolute atomic E-state index is 13.5. The van der Waals surface area contributed by atoms with E-state index in [2.05, 4.69) is 0 Å². The first-order valence-electron chi connectivity index (χ1n) is 11.0. The Labute approximate surface area is 197 Å². The van der Waals surface area contributed by atoms with Gasteiger partial charge in [-0.3, -0.25) is 14.2 Å². The Balaban J connectivity index is 1.84. The molecule has 4 rings (SSSR count). The Morgan fingerprint density at radius 3 is 2.55 bits per heavy atom. The lowest BCUT2D eigenvalue weighted by molar-refractivity contribution is 0.0610. The summed E-state index contributed by atoms with van der Waals surface area (Å²) in [6, 6.07) is 18.5. The standard InChI is InChI=1S/C25H26BN3O3S/c1-2-21(28(13-14-30)24(31)18-8-10-19(26)11-9-18)22-27-23-20(12-15-33-23)25(32)29(22)16-17-6-4-3-5-7-17/h3-12,15,21,30H,2,13-14,16,26H2,1H3. The first-order chi connectivity index (χ1) is 16.0. The van der Waals surface area contributed by atoms with Crippen LogP contribution in [0.4, 0.5) is 0 Å². The van der Waals surface area contributed by atoms with Gasteiger partial charge in [-0.05, 0) is 23.4 Å². The van der Waals surface area contributed by atoms with Gasteiger partial charge in [0, 0.05) is 12.1 Å². The Hall–Kier alpha value is -3.23. The van der Waals surface area contributed by atoms with Crippen LogP contribution in [0.3, 0.4) is 0 Å². The van der Waals surface area contributed by atoms with Gasteiger partial charge in [0.05, 0.1) is 24.6 Å². The molecule has 1 N–H and O–H groups in total. The van der Waals surface area contributed by atoms with Crippen LogP contribution in [0.2, 0.25) is 0 Å². The lowest BCUT2D eigenvalue weighted by atomic mass is 9.95. The second-order valence-corrected chi connectivity index (χ2v) is 8.89. The van der Waals surface area contributed by atoms with Crippen molar-refractivity contribution in [1.29, 1.82) is 0 Å². The highest BCUT2D eigenvalue weighted by Crippen LogP contribution is 2.27. The maximum atomic E-state index is 13.5. The molecule has 0 saturated carbocycles. The molecule has 0 saturated heterocycles. The Morgan fingerprint density at radius 2 is 1.88 bits per heavy atom. The lowest BCUT2D eigenvalue weighted by Gasteiger charge is -2.32. The fourth-order valence-corrected chi connectivity index (χ4v) is 4.81. The molecular formula is C25H26BN3O3S. The van der Waals surface area contributed by atoms with Gasteiger partial charge < -0.3 is 10.0 Å². The number of rotatable bonds is 8. The minimum Gasteiger partial charge on any atom is -0.395 e. The van der Waals surface area contributed by atoms with Crippen molar-refractivity contribution in [1.82, 2.24) is 14.5 Å². The summed E-state index contributed by atoms with van der Waals surface area (Å²) < 4.78 is 1.67. The van der Waals surface area contributed by atoms with E-state index >= 15 is 0 Å². The van der Waals surface area contributed by atoms with Crippen molar-refractivity contribution in [2.75, 3.05) is 13.2 Å². The van der Waals surface area contributed by atoms with E-state index < -0.39 is 6.04 Å². The zero-order valence-corrected chi connectivity index (χ0v) is 19.6. The lowest BCUT2D eigenvalue weighted by Crippen LogP contribution is -2.40. The summed E-state index contributed by atoms with van der Waals surface area (Å²) in [6.07, 6.45) is 0.551. The SMILES string of the molecule is Bc1ccc(C(=O)N(CCO)C(CC)c2nc3sccc3c(=O)n2Cc2ccccc2)cc1. The van der Waals surface area contributed by atoms with Gasteiger partial charge in [-0.25, -0.2) is 4.98 Å². The van der Waals surface area contributed by atoms with Crippen molar-refractivity contribution in [3.63, 3.8) is 0 Å². The van der Waals surface area contributed by atoms with Crippen molar-refractivity contribution in [3.8, 4) is 0 Å². The number of aliphatic hydroxyl groups excluding tert-OH is 1. The number of carbonyl (C=O) groups excluding carboxylic acids is 1. The fourth-order valence-electron chi connectivity index (χ4n) is 4.05. The predicted molar refractivity (Wildman–Crippen MR) is 135 cm³/mol. The number of benzene rings is 2. The third-order valence-electron chi connectivity index (χ3n) is 5.76. The average molecular weight is 459 g/mol. The normalized spacial score (nSPS) is 12.1. The largest absolute Gasteiger partial charge is 0.395 e. The molecule has 0 aliphatic carbocycles. The number of nitrogens with zero attached hydrogens (tertiary/aromatic N) is 3. The summed E-state index contributed by atoms with van der Waals surface area (Å²) >= 11 is 1.41. The first kappa shape index (κ1) is 23.0. The topological polar surface area (TPSA) is 75.4 Å². The number of hydrogen-bond acceptors (Lipinski definition) is 5. The molecule has 1 amide bonds. The highest BCUT2D eigenvalue weighted by molar-refractivity contribution is 7.16. The Kier molecular flexibility index (Phi) is 7.06. The van der Waals surface area contributed by atoms with Crippen molar-refractivity contribution < 1.29 is 9.90 Å². The summed E-state index contributed by atoms with van der Waals surface area (Å²) in [4.78, 5) is 34.1. The molecule has 0 spiro atoms. The van der Waals surface area contributed by atoms with Gasteiger partial charge >= 0.3 is 0 Å². The number of thiophene rings is 1. The monoisotopic (exact) mass is 459 g/mol. The molecule has 4 aromatic rings. The molecule has 0 radical (unpaired) electrons. The summed E-state index contributed by atoms with van der Waals surface area (Å²) in [5.74, 6) is 0.345. The van der Waals surface area contributed by atoms with E-state index in [1.54, 1.807) is 27.7 Å². The first-order valence-corrected chi connectivity index (χ1v) is 11.9. The Morgan fingerprint density at radius 1 is 1.15 bits per heavy atom. The minimum atomic E-state index is -0.464. The fraction of sp³-hybridized carbons (Fsp3) is 0.240. The molecule has 0 aliphatic heterocycles. The van der Waals surface area contributed by atoms with Crippen LogP contribution in [-0.4, -0.2) is 46.5 Å². The maximum Gasteiger partial charge on any atom is 0.262 e. The van der Waals surface area contributed by atoms with E-state index in [9.17, 15) is 14.7 Å². The summed E-state index contributed by atoms with van der Waals surface area (Å²) in [6.45, 7) is 2.29. The molecule has 2 heterocycles. The predicted octanol–water partition coefficient (Wildman–Crippen LogP) is 2.35. The molecule has 33 heavy (non-hydrogen) atoms. The van der Waals surface area contributed by atoms with Crippen LogP contribution in [0.15, 0.2) is 70.8 Å². The van der Waals surface area contributed by atoms with E-state index in [4.69, 9.17) is 4.98 Å². The number of hydrogen-bond donors (Lipinski definition) is 1. The molecule has 168 valence electrons. The van der Waals surface area contributed by atoms with Gasteiger partial charge in [-0.15, -0.1) is 11.3 Å². The van der Waals surface area contributed by atoms with Gasteiger partial charge in [0.1, 0.15) is 18.5 Å². The van der Waals surface area contributed by atoms with Gasteiger partial charge in [0.15, 0.2) is 0 Å². The van der Waals surface area contributed by atoms with Gasteiger partial charge in [-0.2, -0.15) is 0 Å². The molecular weight excluding hydrogens is 433 g/mol. The molecule has 1 unspecified atom stereocenters. The molecule has 0 aliphatic rings. The van der Waals surface area contributed by atoms with Crippen LogP contribution in [0.1, 0.15) is 41.1 Å². The number of aliphatic hydroxyl groups is 1. The van der Waals surface area contributed by atoms with E-state index in [-0.39, 0.29) is 24.6 Å². The van der Waals surface area contributed by atoms with E-state index in [0.29, 0.717) is 34.6 Å². The van der Waals surface area contributed by atoms with Crippen LogP contribution < -0.4 is 11.0 Å². The molecule has 6 nitrogen and oxygen atoms in total. The van der Waals surface area contributed by atoms with Crippen LogP contribution >= 0.6 is 11.3 Å². The third kappa shape index (κ3) is 4.77. The van der Waals surface area contributed by atoms with Crippen LogP contribution in [0, 0.1) is 0 Å². The second-order valence-electron chi connectivity index (χ2n) is 8.00. The van der Waals surface area contributed by atoms with Crippen LogP contribution in [-0.2, 0) is 6.54 Å². The molecule has 0 bridgehead atoms. The molecule has 2 aromatic carbocycles. The quantitative estimate of drug-likeness (QED) is 0.411. The van der Waals surface area contributed by atoms with Gasteiger partial charge in [-0.1, -0.05) is 67.0 Å². The summed E-state index contributed by atoms with van der Waals surface area (Å²) in [5, 5.41) is 12.2.